The number of allylic oxidation sites excluding steroid dienone is 1. The van der Waals surface area contributed by atoms with Crippen molar-refractivity contribution in [2.24, 2.45) is 0 Å². The topological polar surface area (TPSA) is 43.4 Å². The Kier molecular flexibility index (Phi) is 4.44. The van der Waals surface area contributed by atoms with Crippen molar-refractivity contribution in [2.75, 3.05) is 0 Å². The van der Waals surface area contributed by atoms with E-state index in [0.717, 1.165) is 6.92 Å². The molecule has 0 heterocycles. The molecule has 18 heavy (non-hydrogen) atoms. The highest BCUT2D eigenvalue weighted by Crippen LogP contribution is 2.27. The van der Waals surface area contributed by atoms with Gasteiger partial charge in [-0.1, -0.05) is 28.1 Å². The molecule has 0 unspecified atom stereocenters. The Labute approximate surface area is 111 Å². The predicted octanol–water partition coefficient (Wildman–Crippen LogP) is 3.68. The van der Waals surface area contributed by atoms with Gasteiger partial charge in [0.2, 0.25) is 0 Å². The van der Waals surface area contributed by atoms with Crippen LogP contribution in [0.2, 0.25) is 0 Å². The Morgan fingerprint density at radius 1 is 1.39 bits per heavy atom. The van der Waals surface area contributed by atoms with E-state index in [4.69, 9.17) is 0 Å². The van der Waals surface area contributed by atoms with Crippen LogP contribution in [0.5, 0.6) is 0 Å². The van der Waals surface area contributed by atoms with Gasteiger partial charge in [0, 0.05) is 4.47 Å². The molecule has 1 rings (SSSR count). The summed E-state index contributed by atoms with van der Waals surface area (Å²) in [6, 6.07) is 6.58. The molecule has 0 radical (unpaired) electrons. The van der Waals surface area contributed by atoms with E-state index in [-0.39, 0.29) is 5.76 Å². The van der Waals surface area contributed by atoms with Crippen molar-refractivity contribution in [3.63, 3.8) is 0 Å². The Morgan fingerprint density at radius 2 is 2.00 bits per heavy atom. The second kappa shape index (κ2) is 5.31. The summed E-state index contributed by atoms with van der Waals surface area (Å²) in [6.07, 6.45) is 1.19. The third-order valence-corrected chi connectivity index (χ3v) is 3.29. The summed E-state index contributed by atoms with van der Waals surface area (Å²) >= 11 is 3.18. The van der Waals surface area contributed by atoms with Crippen molar-refractivity contribution >= 4 is 32.1 Å². The number of alkyl halides is 3. The average Bonchev–Trinajstić information content (AvgIpc) is 2.14. The van der Waals surface area contributed by atoms with Gasteiger partial charge in [-0.25, -0.2) is 0 Å². The second-order valence-electron chi connectivity index (χ2n) is 3.29. The Bertz CT molecular complexity index is 564. The molecule has 1 aromatic carbocycles. The number of rotatable bonds is 3. The number of halogens is 4. The SMILES string of the molecule is C/C(=C\c1cccc(Br)c1)OS(=O)(=O)C(F)(F)F. The smallest absolute Gasteiger partial charge is 0.381 e. The fraction of sp³-hybridized carbons (Fsp3) is 0.200. The Balaban J connectivity index is 2.94. The molecule has 0 saturated heterocycles. The van der Waals surface area contributed by atoms with Gasteiger partial charge in [-0.15, -0.1) is 0 Å². The van der Waals surface area contributed by atoms with Gasteiger partial charge in [-0.05, 0) is 30.7 Å². The summed E-state index contributed by atoms with van der Waals surface area (Å²) < 4.78 is 62.2. The predicted molar refractivity (Wildman–Crippen MR) is 63.9 cm³/mol. The highest BCUT2D eigenvalue weighted by atomic mass is 79.9. The monoisotopic (exact) mass is 344 g/mol. The quantitative estimate of drug-likeness (QED) is 0.477. The van der Waals surface area contributed by atoms with Crippen LogP contribution in [0.3, 0.4) is 0 Å². The van der Waals surface area contributed by atoms with E-state index in [1.54, 1.807) is 24.3 Å². The van der Waals surface area contributed by atoms with Gasteiger partial charge >= 0.3 is 15.6 Å². The molecule has 0 aliphatic carbocycles. The lowest BCUT2D eigenvalue weighted by atomic mass is 10.2. The fourth-order valence-electron chi connectivity index (χ4n) is 1.08. The van der Waals surface area contributed by atoms with Crippen LogP contribution in [0.4, 0.5) is 13.2 Å². The zero-order valence-electron chi connectivity index (χ0n) is 9.03. The Hall–Kier alpha value is -1.02. The third-order valence-electron chi connectivity index (χ3n) is 1.74. The molecule has 0 aliphatic rings. The van der Waals surface area contributed by atoms with Crippen LogP contribution in [0, 0.1) is 0 Å². The first-order valence-electron chi connectivity index (χ1n) is 4.56. The minimum absolute atomic E-state index is 0.370. The molecule has 0 fully saturated rings. The maximum absolute atomic E-state index is 12.0. The van der Waals surface area contributed by atoms with Gasteiger partial charge in [-0.2, -0.15) is 21.6 Å². The van der Waals surface area contributed by atoms with Crippen molar-refractivity contribution in [2.45, 2.75) is 12.4 Å². The molecule has 0 atom stereocenters. The van der Waals surface area contributed by atoms with Crippen molar-refractivity contribution in [3.8, 4) is 0 Å². The normalized spacial score (nSPS) is 13.5. The van der Waals surface area contributed by atoms with Gasteiger partial charge in [0.25, 0.3) is 0 Å². The summed E-state index contributed by atoms with van der Waals surface area (Å²) in [5, 5.41) is 0. The van der Waals surface area contributed by atoms with E-state index >= 15 is 0 Å². The molecule has 0 amide bonds. The molecular formula is C10H8BrF3O3S. The molecule has 8 heteroatoms. The van der Waals surface area contributed by atoms with Crippen molar-refractivity contribution < 1.29 is 25.8 Å². The van der Waals surface area contributed by atoms with Crippen molar-refractivity contribution in [1.82, 2.24) is 0 Å². The molecule has 100 valence electrons. The standard InChI is InChI=1S/C10H8BrF3O3S/c1-7(17-18(15,16)10(12,13)14)5-8-3-2-4-9(11)6-8/h2-6H,1H3/b7-5+. The van der Waals surface area contributed by atoms with Crippen LogP contribution in [-0.2, 0) is 14.3 Å². The van der Waals surface area contributed by atoms with E-state index < -0.39 is 15.6 Å². The van der Waals surface area contributed by atoms with Gasteiger partial charge < -0.3 is 4.18 Å². The molecule has 1 aromatic rings. The van der Waals surface area contributed by atoms with Crippen LogP contribution in [0.1, 0.15) is 12.5 Å². The van der Waals surface area contributed by atoms with Crippen molar-refractivity contribution in [3.05, 3.63) is 40.1 Å². The zero-order valence-corrected chi connectivity index (χ0v) is 11.4. The molecule has 0 N–H and O–H groups in total. The fourth-order valence-corrected chi connectivity index (χ4v) is 1.98. The third kappa shape index (κ3) is 4.02. The van der Waals surface area contributed by atoms with E-state index in [0.29, 0.717) is 10.0 Å². The summed E-state index contributed by atoms with van der Waals surface area (Å²) in [5.41, 5.74) is -4.92. The number of hydrogen-bond donors (Lipinski definition) is 0. The molecule has 0 spiro atoms. The summed E-state index contributed by atoms with van der Waals surface area (Å²) in [4.78, 5) is 0. The van der Waals surface area contributed by atoms with E-state index in [9.17, 15) is 21.6 Å². The number of benzene rings is 1. The first kappa shape index (κ1) is 15.0. The first-order valence-corrected chi connectivity index (χ1v) is 6.76. The highest BCUT2D eigenvalue weighted by Gasteiger charge is 2.48. The maximum Gasteiger partial charge on any atom is 0.534 e. The molecule has 0 bridgehead atoms. The van der Waals surface area contributed by atoms with Gasteiger partial charge in [0.1, 0.15) is 5.76 Å². The minimum Gasteiger partial charge on any atom is -0.381 e. The van der Waals surface area contributed by atoms with E-state index in [1.165, 1.54) is 6.08 Å². The lowest BCUT2D eigenvalue weighted by Crippen LogP contribution is -2.24. The number of hydrogen-bond acceptors (Lipinski definition) is 3. The molecule has 3 nitrogen and oxygen atoms in total. The van der Waals surface area contributed by atoms with E-state index in [1.807, 2.05) is 0 Å². The first-order chi connectivity index (χ1) is 8.12. The average molecular weight is 345 g/mol. The van der Waals surface area contributed by atoms with Crippen LogP contribution in [0.15, 0.2) is 34.5 Å². The summed E-state index contributed by atoms with van der Waals surface area (Å²) in [7, 11) is -5.61. The van der Waals surface area contributed by atoms with Gasteiger partial charge in [-0.3, -0.25) is 0 Å². The van der Waals surface area contributed by atoms with Crippen LogP contribution >= 0.6 is 15.9 Å². The maximum atomic E-state index is 12.0. The molecule has 0 aromatic heterocycles. The minimum atomic E-state index is -5.61. The molecule has 0 aliphatic heterocycles. The van der Waals surface area contributed by atoms with Crippen LogP contribution in [0.25, 0.3) is 6.08 Å². The summed E-state index contributed by atoms with van der Waals surface area (Å²) in [5.74, 6) is -0.370. The van der Waals surface area contributed by atoms with Gasteiger partial charge in [0.05, 0.1) is 0 Å². The Morgan fingerprint density at radius 3 is 2.50 bits per heavy atom. The lowest BCUT2D eigenvalue weighted by molar-refractivity contribution is -0.0521. The largest absolute Gasteiger partial charge is 0.534 e. The zero-order chi connectivity index (χ0) is 14.0. The molecule has 0 saturated carbocycles. The van der Waals surface area contributed by atoms with Gasteiger partial charge in [0.15, 0.2) is 0 Å². The second-order valence-corrected chi connectivity index (χ2v) is 5.75. The van der Waals surface area contributed by atoms with Crippen LogP contribution in [-0.4, -0.2) is 13.9 Å². The highest BCUT2D eigenvalue weighted by molar-refractivity contribution is 9.10. The molecular weight excluding hydrogens is 337 g/mol. The van der Waals surface area contributed by atoms with E-state index in [2.05, 4.69) is 20.1 Å². The summed E-state index contributed by atoms with van der Waals surface area (Å²) in [6.45, 7) is 1.13. The van der Waals surface area contributed by atoms with Crippen molar-refractivity contribution in [1.29, 1.82) is 0 Å². The lowest BCUT2D eigenvalue weighted by Gasteiger charge is -2.09. The van der Waals surface area contributed by atoms with Crippen LogP contribution < -0.4 is 0 Å².